The van der Waals surface area contributed by atoms with Gasteiger partial charge in [0.25, 0.3) is 0 Å². The molecule has 1 N–H and O–H groups in total. The van der Waals surface area contributed by atoms with Crippen molar-refractivity contribution in [2.75, 3.05) is 18.5 Å². The summed E-state index contributed by atoms with van der Waals surface area (Å²) in [5, 5.41) is 3.39. The van der Waals surface area contributed by atoms with E-state index < -0.39 is 11.6 Å². The topological polar surface area (TPSA) is 30.5 Å². The lowest BCUT2D eigenvalue weighted by molar-refractivity contribution is 0.171. The van der Waals surface area contributed by atoms with E-state index in [2.05, 4.69) is 5.32 Å². The smallest absolute Gasteiger partial charge is 0.179 e. The van der Waals surface area contributed by atoms with E-state index in [0.29, 0.717) is 42.0 Å². The maximum atomic E-state index is 13.1. The van der Waals surface area contributed by atoms with Gasteiger partial charge in [0, 0.05) is 18.3 Å². The highest BCUT2D eigenvalue weighted by molar-refractivity contribution is 6.32. The highest BCUT2D eigenvalue weighted by atomic mass is 35.5. The molecule has 2 aromatic rings. The Labute approximate surface area is 125 Å². The molecule has 0 saturated heterocycles. The summed E-state index contributed by atoms with van der Waals surface area (Å²) >= 11 is 6.13. The van der Waals surface area contributed by atoms with Gasteiger partial charge in [0.15, 0.2) is 11.5 Å². The minimum atomic E-state index is -0.627. The van der Waals surface area contributed by atoms with Gasteiger partial charge < -0.3 is 14.8 Å². The van der Waals surface area contributed by atoms with Crippen LogP contribution in [0.5, 0.6) is 11.5 Å². The van der Waals surface area contributed by atoms with Crippen molar-refractivity contribution in [2.45, 2.75) is 6.54 Å². The van der Waals surface area contributed by atoms with Crippen LogP contribution in [-0.4, -0.2) is 13.2 Å². The fourth-order valence-corrected chi connectivity index (χ4v) is 2.41. The zero-order valence-electron chi connectivity index (χ0n) is 11.0. The number of hydrogen-bond donors (Lipinski definition) is 1. The van der Waals surface area contributed by atoms with Gasteiger partial charge >= 0.3 is 0 Å². The van der Waals surface area contributed by atoms with Crippen molar-refractivity contribution in [1.29, 1.82) is 0 Å². The minimum absolute atomic E-state index is 0.360. The van der Waals surface area contributed by atoms with Crippen LogP contribution in [0.25, 0.3) is 0 Å². The summed E-state index contributed by atoms with van der Waals surface area (Å²) in [5.74, 6) is -0.144. The molecule has 0 amide bonds. The van der Waals surface area contributed by atoms with Gasteiger partial charge in [-0.05, 0) is 29.8 Å². The zero-order chi connectivity index (χ0) is 14.8. The second kappa shape index (κ2) is 5.77. The standard InChI is InChI=1S/C15H12ClF2NO2/c16-13-3-9(4-14-15(13)21-2-1-20-14)8-19-12-6-10(17)5-11(18)7-12/h3-7,19H,1-2,8H2. The molecule has 0 aromatic heterocycles. The normalized spacial score (nSPS) is 13.1. The van der Waals surface area contributed by atoms with Gasteiger partial charge in [-0.3, -0.25) is 0 Å². The predicted octanol–water partition coefficient (Wildman–Crippen LogP) is 4.00. The van der Waals surface area contributed by atoms with Crippen LogP contribution in [0.1, 0.15) is 5.56 Å². The summed E-state index contributed by atoms with van der Waals surface area (Å²) in [6.07, 6.45) is 0. The van der Waals surface area contributed by atoms with E-state index in [4.69, 9.17) is 21.1 Å². The molecule has 3 nitrogen and oxygen atoms in total. The molecule has 21 heavy (non-hydrogen) atoms. The maximum absolute atomic E-state index is 13.1. The number of anilines is 1. The molecule has 2 aromatic carbocycles. The Morgan fingerprint density at radius 3 is 2.48 bits per heavy atom. The van der Waals surface area contributed by atoms with E-state index in [1.807, 2.05) is 0 Å². The first-order chi connectivity index (χ1) is 10.1. The first kappa shape index (κ1) is 13.9. The Hall–Kier alpha value is -2.01. The van der Waals surface area contributed by atoms with Crippen LogP contribution in [0.3, 0.4) is 0 Å². The van der Waals surface area contributed by atoms with Crippen LogP contribution in [0.15, 0.2) is 30.3 Å². The number of halogens is 3. The van der Waals surface area contributed by atoms with Crippen molar-refractivity contribution in [3.05, 3.63) is 52.6 Å². The highest BCUT2D eigenvalue weighted by Gasteiger charge is 2.16. The van der Waals surface area contributed by atoms with Gasteiger partial charge in [-0.15, -0.1) is 0 Å². The number of hydrogen-bond acceptors (Lipinski definition) is 3. The number of benzene rings is 2. The van der Waals surface area contributed by atoms with Crippen LogP contribution in [0, 0.1) is 11.6 Å². The molecule has 0 atom stereocenters. The van der Waals surface area contributed by atoms with Gasteiger partial charge in [-0.25, -0.2) is 8.78 Å². The Bertz CT molecular complexity index is 659. The lowest BCUT2D eigenvalue weighted by Crippen LogP contribution is -2.16. The first-order valence-corrected chi connectivity index (χ1v) is 6.77. The van der Waals surface area contributed by atoms with Crippen LogP contribution in [0.2, 0.25) is 5.02 Å². The fourth-order valence-electron chi connectivity index (χ4n) is 2.13. The third-order valence-electron chi connectivity index (χ3n) is 3.02. The summed E-state index contributed by atoms with van der Waals surface area (Å²) in [6, 6.07) is 6.80. The highest BCUT2D eigenvalue weighted by Crippen LogP contribution is 2.38. The Morgan fingerprint density at radius 2 is 1.71 bits per heavy atom. The van der Waals surface area contributed by atoms with Crippen molar-refractivity contribution in [3.8, 4) is 11.5 Å². The van der Waals surface area contributed by atoms with E-state index in [9.17, 15) is 8.78 Å². The van der Waals surface area contributed by atoms with Gasteiger partial charge in [0.2, 0.25) is 0 Å². The molecular weight excluding hydrogens is 300 g/mol. The van der Waals surface area contributed by atoms with E-state index in [1.165, 1.54) is 12.1 Å². The number of nitrogens with one attached hydrogen (secondary N) is 1. The van der Waals surface area contributed by atoms with Crippen molar-refractivity contribution < 1.29 is 18.3 Å². The summed E-state index contributed by atoms with van der Waals surface area (Å²) in [5.41, 5.74) is 1.19. The minimum Gasteiger partial charge on any atom is -0.486 e. The molecule has 6 heteroatoms. The largest absolute Gasteiger partial charge is 0.486 e. The van der Waals surface area contributed by atoms with E-state index >= 15 is 0 Å². The average Bonchev–Trinajstić information content (AvgIpc) is 2.44. The van der Waals surface area contributed by atoms with Crippen LogP contribution in [-0.2, 0) is 6.54 Å². The van der Waals surface area contributed by atoms with Gasteiger partial charge in [-0.2, -0.15) is 0 Å². The molecule has 0 bridgehead atoms. The molecule has 1 aliphatic rings. The molecule has 0 unspecified atom stereocenters. The van der Waals surface area contributed by atoms with E-state index in [1.54, 1.807) is 12.1 Å². The summed E-state index contributed by atoms with van der Waals surface area (Å²) in [6.45, 7) is 1.29. The monoisotopic (exact) mass is 311 g/mol. The second-order valence-corrected chi connectivity index (χ2v) is 5.02. The third kappa shape index (κ3) is 3.19. The van der Waals surface area contributed by atoms with Crippen molar-refractivity contribution in [3.63, 3.8) is 0 Å². The SMILES string of the molecule is Fc1cc(F)cc(NCc2cc(Cl)c3c(c2)OCCO3)c1. The van der Waals surface area contributed by atoms with Gasteiger partial charge in [0.1, 0.15) is 24.8 Å². The molecular formula is C15H12ClF2NO2. The molecule has 0 spiro atoms. The molecule has 3 rings (SSSR count). The molecule has 1 heterocycles. The quantitative estimate of drug-likeness (QED) is 0.929. The van der Waals surface area contributed by atoms with Gasteiger partial charge in [-0.1, -0.05) is 11.6 Å². The van der Waals surface area contributed by atoms with Crippen molar-refractivity contribution in [1.82, 2.24) is 0 Å². The lowest BCUT2D eigenvalue weighted by Gasteiger charge is -2.20. The Kier molecular flexibility index (Phi) is 3.84. The Balaban J connectivity index is 1.77. The van der Waals surface area contributed by atoms with Gasteiger partial charge in [0.05, 0.1) is 5.02 Å². The molecule has 0 aliphatic carbocycles. The lowest BCUT2D eigenvalue weighted by atomic mass is 10.2. The molecule has 0 saturated carbocycles. The fraction of sp³-hybridized carbons (Fsp3) is 0.200. The molecule has 0 radical (unpaired) electrons. The maximum Gasteiger partial charge on any atom is 0.179 e. The van der Waals surface area contributed by atoms with Crippen molar-refractivity contribution >= 4 is 17.3 Å². The summed E-state index contributed by atoms with van der Waals surface area (Å²) < 4.78 is 37.1. The van der Waals surface area contributed by atoms with Crippen LogP contribution < -0.4 is 14.8 Å². The van der Waals surface area contributed by atoms with Crippen LogP contribution in [0.4, 0.5) is 14.5 Å². The Morgan fingerprint density at radius 1 is 1.00 bits per heavy atom. The van der Waals surface area contributed by atoms with E-state index in [0.717, 1.165) is 11.6 Å². The summed E-state index contributed by atoms with van der Waals surface area (Å²) in [7, 11) is 0. The average molecular weight is 312 g/mol. The van der Waals surface area contributed by atoms with E-state index in [-0.39, 0.29) is 0 Å². The molecule has 1 aliphatic heterocycles. The first-order valence-electron chi connectivity index (χ1n) is 6.40. The van der Waals surface area contributed by atoms with Crippen molar-refractivity contribution in [2.24, 2.45) is 0 Å². The van der Waals surface area contributed by atoms with Crippen LogP contribution >= 0.6 is 11.6 Å². The molecule has 110 valence electrons. The number of fused-ring (bicyclic) bond motifs is 1. The summed E-state index contributed by atoms with van der Waals surface area (Å²) in [4.78, 5) is 0. The number of ether oxygens (including phenoxy) is 2. The predicted molar refractivity (Wildman–Crippen MR) is 76.1 cm³/mol. The third-order valence-corrected chi connectivity index (χ3v) is 3.30. The number of rotatable bonds is 3. The second-order valence-electron chi connectivity index (χ2n) is 4.61. The zero-order valence-corrected chi connectivity index (χ0v) is 11.7. The molecule has 0 fully saturated rings.